The average molecular weight is 357 g/mol. The summed E-state index contributed by atoms with van der Waals surface area (Å²) in [5.74, 6) is 0. The highest BCUT2D eigenvalue weighted by atomic mass is 35.5. The molecular formula is C19H8Cl3N. The Balaban J connectivity index is 2.18. The lowest BCUT2D eigenvalue weighted by Gasteiger charge is -2.14. The van der Waals surface area contributed by atoms with Crippen LogP contribution in [0.3, 0.4) is 0 Å². The Morgan fingerprint density at radius 3 is 2.17 bits per heavy atom. The van der Waals surface area contributed by atoms with Gasteiger partial charge in [-0.15, -0.1) is 0 Å². The minimum Gasteiger partial charge on any atom is -0.244 e. The van der Waals surface area contributed by atoms with E-state index in [9.17, 15) is 0 Å². The fourth-order valence-corrected chi connectivity index (χ4v) is 4.14. The Bertz CT molecular complexity index is 1240. The second-order valence-corrected chi connectivity index (χ2v) is 6.81. The molecule has 0 atom stereocenters. The van der Waals surface area contributed by atoms with Crippen molar-refractivity contribution in [3.63, 3.8) is 0 Å². The van der Waals surface area contributed by atoms with Crippen LogP contribution in [-0.2, 0) is 0 Å². The molecule has 0 radical (unpaired) electrons. The first-order chi connectivity index (χ1) is 11.1. The smallest absolute Gasteiger partial charge is 0.136 e. The molecule has 0 saturated heterocycles. The fourth-order valence-electron chi connectivity index (χ4n) is 3.50. The van der Waals surface area contributed by atoms with Crippen LogP contribution in [0.4, 0.5) is 0 Å². The first-order valence-electron chi connectivity index (χ1n) is 7.15. The van der Waals surface area contributed by atoms with Crippen molar-refractivity contribution >= 4 is 77.9 Å². The van der Waals surface area contributed by atoms with Crippen LogP contribution in [0, 0.1) is 0 Å². The second kappa shape index (κ2) is 4.61. The van der Waals surface area contributed by atoms with Crippen LogP contribution in [-0.4, -0.2) is 4.98 Å². The third kappa shape index (κ3) is 1.73. The Morgan fingerprint density at radius 2 is 1.35 bits per heavy atom. The third-order valence-electron chi connectivity index (χ3n) is 4.49. The van der Waals surface area contributed by atoms with Gasteiger partial charge in [-0.3, -0.25) is 0 Å². The predicted octanol–water partition coefficient (Wildman–Crippen LogP) is 7.09. The Hall–Kier alpha value is -1.80. The molecule has 1 nitrogen and oxygen atoms in total. The molecule has 0 aliphatic rings. The van der Waals surface area contributed by atoms with Crippen LogP contribution in [0.15, 0.2) is 48.7 Å². The molecule has 1 heterocycles. The summed E-state index contributed by atoms with van der Waals surface area (Å²) in [7, 11) is 0. The third-order valence-corrected chi connectivity index (χ3v) is 5.59. The lowest BCUT2D eigenvalue weighted by atomic mass is 9.91. The number of rotatable bonds is 0. The number of pyridine rings is 1. The van der Waals surface area contributed by atoms with Crippen molar-refractivity contribution in [2.45, 2.75) is 0 Å². The molecule has 4 heteroatoms. The number of nitrogens with zero attached hydrogens (tertiary/aromatic N) is 1. The normalized spacial score (nSPS) is 12.1. The molecule has 5 aromatic rings. The van der Waals surface area contributed by atoms with Crippen molar-refractivity contribution in [2.75, 3.05) is 0 Å². The van der Waals surface area contributed by atoms with E-state index >= 15 is 0 Å². The van der Waals surface area contributed by atoms with Crippen molar-refractivity contribution in [1.29, 1.82) is 0 Å². The summed E-state index contributed by atoms with van der Waals surface area (Å²) in [5.41, 5.74) is 0. The SMILES string of the molecule is Clc1cc2ccc3c4ccnc(Cl)c4cc4ccc(c1Cl)c2c43. The quantitative estimate of drug-likeness (QED) is 0.164. The number of hydrogen-bond acceptors (Lipinski definition) is 1. The lowest BCUT2D eigenvalue weighted by molar-refractivity contribution is 1.37. The van der Waals surface area contributed by atoms with Gasteiger partial charge in [-0.25, -0.2) is 4.98 Å². The molecule has 0 aliphatic carbocycles. The number of halogens is 3. The number of hydrogen-bond donors (Lipinski definition) is 0. The zero-order valence-corrected chi connectivity index (χ0v) is 14.0. The van der Waals surface area contributed by atoms with Crippen LogP contribution in [0.2, 0.25) is 15.2 Å². The molecule has 1 aromatic heterocycles. The van der Waals surface area contributed by atoms with Gasteiger partial charge in [0.25, 0.3) is 0 Å². The van der Waals surface area contributed by atoms with Gasteiger partial charge >= 0.3 is 0 Å². The molecule has 4 aromatic carbocycles. The van der Waals surface area contributed by atoms with Crippen molar-refractivity contribution in [3.05, 3.63) is 63.9 Å². The van der Waals surface area contributed by atoms with Crippen LogP contribution in [0.25, 0.3) is 43.1 Å². The van der Waals surface area contributed by atoms with E-state index in [4.69, 9.17) is 34.8 Å². The summed E-state index contributed by atoms with van der Waals surface area (Å²) in [6, 6.07) is 14.3. The Kier molecular flexibility index (Phi) is 2.73. The second-order valence-electron chi connectivity index (χ2n) is 5.67. The van der Waals surface area contributed by atoms with Gasteiger partial charge in [0, 0.05) is 17.0 Å². The molecule has 0 aliphatic heterocycles. The molecule has 5 rings (SSSR count). The van der Waals surface area contributed by atoms with Crippen molar-refractivity contribution in [2.24, 2.45) is 0 Å². The van der Waals surface area contributed by atoms with Gasteiger partial charge in [0.05, 0.1) is 10.0 Å². The van der Waals surface area contributed by atoms with E-state index in [0.29, 0.717) is 15.2 Å². The topological polar surface area (TPSA) is 12.9 Å². The van der Waals surface area contributed by atoms with Gasteiger partial charge < -0.3 is 0 Å². The molecule has 0 amide bonds. The summed E-state index contributed by atoms with van der Waals surface area (Å²) in [6.07, 6.45) is 1.74. The standard InChI is InChI=1S/C19H8Cl3N/c20-15-8-10-1-3-12-11-5-6-23-19(22)14(11)7-9-2-4-13(18(15)21)17(10)16(9)12/h1-8H. The number of benzene rings is 4. The van der Waals surface area contributed by atoms with Gasteiger partial charge in [0.15, 0.2) is 0 Å². The Labute approximate surface area is 146 Å². The maximum atomic E-state index is 6.43. The minimum absolute atomic E-state index is 0.522. The van der Waals surface area contributed by atoms with Crippen molar-refractivity contribution < 1.29 is 0 Å². The zero-order chi connectivity index (χ0) is 15.7. The van der Waals surface area contributed by atoms with Gasteiger partial charge in [-0.05, 0) is 50.5 Å². The summed E-state index contributed by atoms with van der Waals surface area (Å²) in [5, 5.41) is 10.4. The molecule has 23 heavy (non-hydrogen) atoms. The van der Waals surface area contributed by atoms with Crippen molar-refractivity contribution in [1.82, 2.24) is 4.98 Å². The molecule has 0 unspecified atom stereocenters. The van der Waals surface area contributed by atoms with Gasteiger partial charge in [-0.2, -0.15) is 0 Å². The number of fused-ring (bicyclic) bond motifs is 2. The molecule has 0 spiro atoms. The molecule has 110 valence electrons. The van der Waals surface area contributed by atoms with Crippen LogP contribution in [0.5, 0.6) is 0 Å². The van der Waals surface area contributed by atoms with Gasteiger partial charge in [0.2, 0.25) is 0 Å². The number of aromatic nitrogens is 1. The molecule has 0 fully saturated rings. The van der Waals surface area contributed by atoms with E-state index in [2.05, 4.69) is 29.2 Å². The highest BCUT2D eigenvalue weighted by Gasteiger charge is 2.15. The average Bonchev–Trinajstić information content (AvgIpc) is 2.56. The molecular weight excluding hydrogens is 349 g/mol. The predicted molar refractivity (Wildman–Crippen MR) is 100 cm³/mol. The van der Waals surface area contributed by atoms with E-state index < -0.39 is 0 Å². The first kappa shape index (κ1) is 13.6. The van der Waals surface area contributed by atoms with Crippen LogP contribution < -0.4 is 0 Å². The van der Waals surface area contributed by atoms with Gasteiger partial charge in [-0.1, -0.05) is 59.1 Å². The summed E-state index contributed by atoms with van der Waals surface area (Å²) in [6.45, 7) is 0. The van der Waals surface area contributed by atoms with E-state index in [0.717, 1.165) is 37.7 Å². The monoisotopic (exact) mass is 355 g/mol. The molecule has 0 N–H and O–H groups in total. The van der Waals surface area contributed by atoms with Crippen LogP contribution >= 0.6 is 34.8 Å². The van der Waals surface area contributed by atoms with Crippen LogP contribution in [0.1, 0.15) is 0 Å². The van der Waals surface area contributed by atoms with E-state index in [1.807, 2.05) is 18.2 Å². The van der Waals surface area contributed by atoms with Crippen molar-refractivity contribution in [3.8, 4) is 0 Å². The molecule has 0 saturated carbocycles. The van der Waals surface area contributed by atoms with E-state index in [-0.39, 0.29) is 0 Å². The van der Waals surface area contributed by atoms with E-state index in [1.165, 1.54) is 5.39 Å². The maximum absolute atomic E-state index is 6.43. The minimum atomic E-state index is 0.522. The summed E-state index contributed by atoms with van der Waals surface area (Å²) < 4.78 is 0. The maximum Gasteiger partial charge on any atom is 0.136 e. The Morgan fingerprint density at radius 1 is 0.652 bits per heavy atom. The molecule has 0 bridgehead atoms. The fraction of sp³-hybridized carbons (Fsp3) is 0. The lowest BCUT2D eigenvalue weighted by Crippen LogP contribution is -1.88. The van der Waals surface area contributed by atoms with E-state index in [1.54, 1.807) is 6.20 Å². The first-order valence-corrected chi connectivity index (χ1v) is 8.28. The largest absolute Gasteiger partial charge is 0.244 e. The zero-order valence-electron chi connectivity index (χ0n) is 11.7. The highest BCUT2D eigenvalue weighted by molar-refractivity contribution is 6.47. The summed E-state index contributed by atoms with van der Waals surface area (Å²) in [4.78, 5) is 4.20. The highest BCUT2D eigenvalue weighted by Crippen LogP contribution is 2.43. The summed E-state index contributed by atoms with van der Waals surface area (Å²) >= 11 is 19.0. The van der Waals surface area contributed by atoms with Gasteiger partial charge in [0.1, 0.15) is 5.15 Å².